The maximum absolute atomic E-state index is 4.52. The van der Waals surface area contributed by atoms with Gasteiger partial charge in [-0.25, -0.2) is 4.98 Å². The number of hydrogen-bond acceptors (Lipinski definition) is 4. The third-order valence-corrected chi connectivity index (χ3v) is 3.55. The van der Waals surface area contributed by atoms with E-state index in [0.717, 1.165) is 19.6 Å². The lowest BCUT2D eigenvalue weighted by Gasteiger charge is -2.20. The Labute approximate surface area is 95.5 Å². The van der Waals surface area contributed by atoms with E-state index in [-0.39, 0.29) is 0 Å². The van der Waals surface area contributed by atoms with Gasteiger partial charge >= 0.3 is 0 Å². The highest BCUT2D eigenvalue weighted by Crippen LogP contribution is 2.11. The van der Waals surface area contributed by atoms with E-state index in [1.54, 1.807) is 11.3 Å². The average molecular weight is 225 g/mol. The Kier molecular flexibility index (Phi) is 3.72. The predicted octanol–water partition coefficient (Wildman–Crippen LogP) is 1.64. The van der Waals surface area contributed by atoms with Gasteiger partial charge in [0.15, 0.2) is 0 Å². The fraction of sp³-hybridized carbons (Fsp3) is 0.727. The van der Waals surface area contributed by atoms with Crippen LogP contribution in [-0.2, 0) is 6.54 Å². The Bertz CT molecular complexity index is 311. The van der Waals surface area contributed by atoms with E-state index in [4.69, 9.17) is 0 Å². The summed E-state index contributed by atoms with van der Waals surface area (Å²) in [7, 11) is 0. The maximum atomic E-state index is 4.52. The summed E-state index contributed by atoms with van der Waals surface area (Å²) in [4.78, 5) is 7.02. The monoisotopic (exact) mass is 225 g/mol. The molecular formula is C11H19N3S. The molecule has 0 amide bonds. The first-order valence-electron chi connectivity index (χ1n) is 5.61. The molecule has 0 aromatic carbocycles. The molecule has 0 aliphatic carbocycles. The molecule has 0 radical (unpaired) electrons. The summed E-state index contributed by atoms with van der Waals surface area (Å²) < 4.78 is 0. The summed E-state index contributed by atoms with van der Waals surface area (Å²) in [5.74, 6) is 0. The zero-order valence-corrected chi connectivity index (χ0v) is 10.3. The van der Waals surface area contributed by atoms with Crippen LogP contribution in [0.1, 0.15) is 24.0 Å². The zero-order valence-electron chi connectivity index (χ0n) is 9.49. The number of nitrogens with zero attached hydrogens (tertiary/aromatic N) is 2. The van der Waals surface area contributed by atoms with Crippen LogP contribution in [0.5, 0.6) is 0 Å². The van der Waals surface area contributed by atoms with Gasteiger partial charge in [-0.2, -0.15) is 0 Å². The van der Waals surface area contributed by atoms with Crippen LogP contribution in [0.15, 0.2) is 5.38 Å². The van der Waals surface area contributed by atoms with Gasteiger partial charge < -0.3 is 5.32 Å². The molecule has 1 aliphatic rings. The van der Waals surface area contributed by atoms with Crippen molar-refractivity contribution in [3.63, 3.8) is 0 Å². The number of aromatic nitrogens is 1. The molecule has 1 atom stereocenters. The van der Waals surface area contributed by atoms with Crippen LogP contribution in [0.2, 0.25) is 0 Å². The first-order chi connectivity index (χ1) is 7.24. The van der Waals surface area contributed by atoms with Crippen LogP contribution < -0.4 is 5.32 Å². The molecule has 0 saturated carbocycles. The number of nitrogens with one attached hydrogen (secondary N) is 1. The van der Waals surface area contributed by atoms with Crippen LogP contribution in [-0.4, -0.2) is 35.6 Å². The van der Waals surface area contributed by atoms with Crippen molar-refractivity contribution in [2.24, 2.45) is 0 Å². The highest BCUT2D eigenvalue weighted by molar-refractivity contribution is 7.09. The fourth-order valence-electron chi connectivity index (χ4n) is 2.05. The summed E-state index contributed by atoms with van der Waals surface area (Å²) in [6, 6.07) is 0.604. The molecule has 0 spiro atoms. The summed E-state index contributed by atoms with van der Waals surface area (Å²) in [5.41, 5.74) is 1.23. The molecule has 0 bridgehead atoms. The Morgan fingerprint density at radius 2 is 2.53 bits per heavy atom. The van der Waals surface area contributed by atoms with Gasteiger partial charge in [0, 0.05) is 24.5 Å². The van der Waals surface area contributed by atoms with Crippen molar-refractivity contribution in [1.29, 1.82) is 0 Å². The summed E-state index contributed by atoms with van der Waals surface area (Å²) in [5, 5.41) is 6.86. The van der Waals surface area contributed by atoms with Gasteiger partial charge in [0.2, 0.25) is 0 Å². The van der Waals surface area contributed by atoms with Crippen LogP contribution in [0.3, 0.4) is 0 Å². The molecule has 1 aliphatic heterocycles. The largest absolute Gasteiger partial charge is 0.313 e. The lowest BCUT2D eigenvalue weighted by atomic mass is 10.3. The molecule has 2 rings (SSSR count). The standard InChI is InChI=1S/C11H19N3S/c1-9-6-14(5-3-4-12-9)7-11-8-15-10(2)13-11/h8-9,12H,3-7H2,1-2H3. The molecule has 1 saturated heterocycles. The molecule has 1 aromatic heterocycles. The summed E-state index contributed by atoms with van der Waals surface area (Å²) >= 11 is 1.75. The second-order valence-corrected chi connectivity index (χ2v) is 5.36. The van der Waals surface area contributed by atoms with E-state index in [1.807, 2.05) is 0 Å². The minimum absolute atomic E-state index is 0.604. The van der Waals surface area contributed by atoms with Crippen molar-refractivity contribution in [3.8, 4) is 0 Å². The molecule has 1 aromatic rings. The normalized spacial score (nSPS) is 24.0. The van der Waals surface area contributed by atoms with E-state index in [1.165, 1.54) is 23.7 Å². The van der Waals surface area contributed by atoms with Gasteiger partial charge in [-0.15, -0.1) is 11.3 Å². The predicted molar refractivity (Wildman–Crippen MR) is 64.2 cm³/mol. The number of hydrogen-bond donors (Lipinski definition) is 1. The highest BCUT2D eigenvalue weighted by atomic mass is 32.1. The van der Waals surface area contributed by atoms with Gasteiger partial charge in [0.1, 0.15) is 0 Å². The van der Waals surface area contributed by atoms with Crippen LogP contribution in [0.25, 0.3) is 0 Å². The molecule has 1 N–H and O–H groups in total. The van der Waals surface area contributed by atoms with Crippen LogP contribution in [0, 0.1) is 6.92 Å². The number of rotatable bonds is 2. The molecule has 4 heteroatoms. The Balaban J connectivity index is 1.92. The van der Waals surface area contributed by atoms with Crippen LogP contribution in [0.4, 0.5) is 0 Å². The second-order valence-electron chi connectivity index (χ2n) is 4.30. The number of aryl methyl sites for hydroxylation is 1. The Hall–Kier alpha value is -0.450. The highest BCUT2D eigenvalue weighted by Gasteiger charge is 2.14. The SMILES string of the molecule is Cc1nc(CN2CCCNC(C)C2)cs1. The zero-order chi connectivity index (χ0) is 10.7. The van der Waals surface area contributed by atoms with E-state index in [2.05, 4.69) is 34.4 Å². The first kappa shape index (κ1) is 11.0. The lowest BCUT2D eigenvalue weighted by molar-refractivity contribution is 0.262. The minimum atomic E-state index is 0.604. The third kappa shape index (κ3) is 3.26. The molecule has 3 nitrogen and oxygen atoms in total. The second kappa shape index (κ2) is 5.05. The summed E-state index contributed by atoms with van der Waals surface area (Å²) in [6.07, 6.45) is 1.24. The van der Waals surface area contributed by atoms with E-state index in [9.17, 15) is 0 Å². The molecule has 84 valence electrons. The molecule has 2 heterocycles. The van der Waals surface area contributed by atoms with Crippen molar-refractivity contribution < 1.29 is 0 Å². The van der Waals surface area contributed by atoms with Crippen molar-refractivity contribution >= 4 is 11.3 Å². The molecular weight excluding hydrogens is 206 g/mol. The van der Waals surface area contributed by atoms with Gasteiger partial charge in [-0.3, -0.25) is 4.90 Å². The minimum Gasteiger partial charge on any atom is -0.313 e. The average Bonchev–Trinajstić information content (AvgIpc) is 2.46. The van der Waals surface area contributed by atoms with E-state index >= 15 is 0 Å². The van der Waals surface area contributed by atoms with Gasteiger partial charge in [0.25, 0.3) is 0 Å². The Morgan fingerprint density at radius 3 is 3.27 bits per heavy atom. The fourth-order valence-corrected chi connectivity index (χ4v) is 2.65. The van der Waals surface area contributed by atoms with Crippen molar-refractivity contribution in [3.05, 3.63) is 16.1 Å². The lowest BCUT2D eigenvalue weighted by Crippen LogP contribution is -2.35. The molecule has 15 heavy (non-hydrogen) atoms. The third-order valence-electron chi connectivity index (χ3n) is 2.73. The van der Waals surface area contributed by atoms with Gasteiger partial charge in [0.05, 0.1) is 10.7 Å². The van der Waals surface area contributed by atoms with Crippen molar-refractivity contribution in [2.75, 3.05) is 19.6 Å². The first-order valence-corrected chi connectivity index (χ1v) is 6.49. The Morgan fingerprint density at radius 1 is 1.67 bits per heavy atom. The van der Waals surface area contributed by atoms with Gasteiger partial charge in [-0.1, -0.05) is 0 Å². The van der Waals surface area contributed by atoms with Gasteiger partial charge in [-0.05, 0) is 33.4 Å². The van der Waals surface area contributed by atoms with E-state index in [0.29, 0.717) is 6.04 Å². The number of thiazole rings is 1. The molecule has 1 unspecified atom stereocenters. The van der Waals surface area contributed by atoms with Crippen molar-refractivity contribution in [2.45, 2.75) is 32.9 Å². The maximum Gasteiger partial charge on any atom is 0.0897 e. The quantitative estimate of drug-likeness (QED) is 0.829. The topological polar surface area (TPSA) is 28.2 Å². The molecule has 1 fully saturated rings. The van der Waals surface area contributed by atoms with Crippen LogP contribution >= 0.6 is 11.3 Å². The van der Waals surface area contributed by atoms with Crippen molar-refractivity contribution in [1.82, 2.24) is 15.2 Å². The summed E-state index contributed by atoms with van der Waals surface area (Å²) in [6.45, 7) is 8.81. The van der Waals surface area contributed by atoms with E-state index < -0.39 is 0 Å². The smallest absolute Gasteiger partial charge is 0.0897 e.